The van der Waals surface area contributed by atoms with Crippen LogP contribution in [0.5, 0.6) is 0 Å². The Labute approximate surface area is 146 Å². The van der Waals surface area contributed by atoms with E-state index in [0.717, 1.165) is 18.7 Å². The number of amides is 1. The lowest BCUT2D eigenvalue weighted by Crippen LogP contribution is -2.47. The highest BCUT2D eigenvalue weighted by atomic mass is 19.4. The second-order valence-electron chi connectivity index (χ2n) is 7.27. The summed E-state index contributed by atoms with van der Waals surface area (Å²) in [6, 6.07) is 1.12. The number of hydrogen-bond donors (Lipinski definition) is 1. The zero-order chi connectivity index (χ0) is 18.8. The zero-order valence-electron chi connectivity index (χ0n) is 15.0. The fraction of sp³-hybridized carbons (Fsp3) is 0.667. The summed E-state index contributed by atoms with van der Waals surface area (Å²) < 4.78 is 38.7. The van der Waals surface area contributed by atoms with Crippen molar-refractivity contribution in [2.75, 3.05) is 13.1 Å². The SMILES string of the molecule is CC(C)[C@@](C)(CCCN)C(=O)N1CCc2ncc(C(F)(F)F)cc2C1. The van der Waals surface area contributed by atoms with Gasteiger partial charge >= 0.3 is 6.18 Å². The first-order chi connectivity index (χ1) is 11.6. The monoisotopic (exact) mass is 357 g/mol. The molecule has 1 atom stereocenters. The molecule has 0 saturated heterocycles. The van der Waals surface area contributed by atoms with Crippen LogP contribution >= 0.6 is 0 Å². The van der Waals surface area contributed by atoms with E-state index in [1.54, 1.807) is 4.90 Å². The average molecular weight is 357 g/mol. The minimum Gasteiger partial charge on any atom is -0.337 e. The molecular formula is C18H26F3N3O. The second-order valence-corrected chi connectivity index (χ2v) is 7.27. The fourth-order valence-electron chi connectivity index (χ4n) is 3.23. The molecule has 0 radical (unpaired) electrons. The van der Waals surface area contributed by atoms with Gasteiger partial charge in [0, 0.05) is 36.8 Å². The van der Waals surface area contributed by atoms with Crippen molar-refractivity contribution in [2.45, 2.75) is 52.8 Å². The van der Waals surface area contributed by atoms with Crippen molar-refractivity contribution < 1.29 is 18.0 Å². The Bertz CT molecular complexity index is 630. The van der Waals surface area contributed by atoms with E-state index < -0.39 is 17.2 Å². The molecule has 1 aromatic rings. The Hall–Kier alpha value is -1.63. The number of nitrogens with two attached hydrogens (primary N) is 1. The van der Waals surface area contributed by atoms with Crippen LogP contribution in [0.25, 0.3) is 0 Å². The molecule has 4 nitrogen and oxygen atoms in total. The average Bonchev–Trinajstić information content (AvgIpc) is 2.56. The van der Waals surface area contributed by atoms with Crippen molar-refractivity contribution in [2.24, 2.45) is 17.1 Å². The topological polar surface area (TPSA) is 59.2 Å². The highest BCUT2D eigenvalue weighted by Gasteiger charge is 2.40. The summed E-state index contributed by atoms with van der Waals surface area (Å²) in [5.41, 5.74) is 5.39. The van der Waals surface area contributed by atoms with Crippen LogP contribution in [0.15, 0.2) is 12.3 Å². The maximum absolute atomic E-state index is 13.1. The number of pyridine rings is 1. The van der Waals surface area contributed by atoms with Crippen LogP contribution in [0.1, 0.15) is 50.4 Å². The molecule has 0 unspecified atom stereocenters. The van der Waals surface area contributed by atoms with Gasteiger partial charge in [-0.3, -0.25) is 9.78 Å². The first-order valence-corrected chi connectivity index (χ1v) is 8.64. The fourth-order valence-corrected chi connectivity index (χ4v) is 3.23. The summed E-state index contributed by atoms with van der Waals surface area (Å²) >= 11 is 0. The molecule has 0 aromatic carbocycles. The number of aromatic nitrogens is 1. The smallest absolute Gasteiger partial charge is 0.337 e. The number of carbonyl (C=O) groups excluding carboxylic acids is 1. The standard InChI is InChI=1S/C18H26F3N3O/c1-12(2)17(3,6-4-7-22)16(25)24-8-5-15-13(11-24)9-14(10-23-15)18(19,20)21/h9-10,12H,4-8,11,22H2,1-3H3/t17-/m1/s1. The highest BCUT2D eigenvalue weighted by Crippen LogP contribution is 2.36. The Morgan fingerprint density at radius 1 is 1.40 bits per heavy atom. The van der Waals surface area contributed by atoms with Crippen molar-refractivity contribution >= 4 is 5.91 Å². The molecule has 0 spiro atoms. The first-order valence-electron chi connectivity index (χ1n) is 8.64. The van der Waals surface area contributed by atoms with Crippen LogP contribution in [0.2, 0.25) is 0 Å². The Morgan fingerprint density at radius 3 is 2.64 bits per heavy atom. The van der Waals surface area contributed by atoms with Crippen LogP contribution in [0, 0.1) is 11.3 Å². The third kappa shape index (κ3) is 4.14. The molecule has 0 saturated carbocycles. The van der Waals surface area contributed by atoms with Gasteiger partial charge in [0.25, 0.3) is 0 Å². The van der Waals surface area contributed by atoms with E-state index in [9.17, 15) is 18.0 Å². The molecule has 0 fully saturated rings. The maximum atomic E-state index is 13.1. The van der Waals surface area contributed by atoms with Gasteiger partial charge in [-0.15, -0.1) is 0 Å². The number of rotatable bonds is 5. The summed E-state index contributed by atoms with van der Waals surface area (Å²) in [5, 5.41) is 0. The number of alkyl halides is 3. The molecule has 1 amide bonds. The summed E-state index contributed by atoms with van der Waals surface area (Å²) in [6.07, 6.45) is -1.67. The molecule has 0 aliphatic carbocycles. The molecule has 7 heteroatoms. The lowest BCUT2D eigenvalue weighted by molar-refractivity contribution is -0.145. The van der Waals surface area contributed by atoms with Gasteiger partial charge < -0.3 is 10.6 Å². The third-order valence-corrected chi connectivity index (χ3v) is 5.32. The Morgan fingerprint density at radius 2 is 2.08 bits per heavy atom. The van der Waals surface area contributed by atoms with E-state index in [4.69, 9.17) is 5.73 Å². The van der Waals surface area contributed by atoms with E-state index in [1.165, 1.54) is 0 Å². The highest BCUT2D eigenvalue weighted by molar-refractivity contribution is 5.83. The van der Waals surface area contributed by atoms with Crippen molar-refractivity contribution in [3.8, 4) is 0 Å². The molecule has 0 bridgehead atoms. The summed E-state index contributed by atoms with van der Waals surface area (Å²) in [4.78, 5) is 18.7. The van der Waals surface area contributed by atoms with E-state index >= 15 is 0 Å². The molecule has 25 heavy (non-hydrogen) atoms. The molecule has 2 N–H and O–H groups in total. The van der Waals surface area contributed by atoms with E-state index in [1.807, 2.05) is 20.8 Å². The lowest BCUT2D eigenvalue weighted by atomic mass is 9.74. The van der Waals surface area contributed by atoms with Gasteiger partial charge in [0.05, 0.1) is 5.56 Å². The van der Waals surface area contributed by atoms with Gasteiger partial charge in [0.15, 0.2) is 0 Å². The molecular weight excluding hydrogens is 331 g/mol. The minimum absolute atomic E-state index is 0.0148. The summed E-state index contributed by atoms with van der Waals surface area (Å²) in [7, 11) is 0. The van der Waals surface area contributed by atoms with Crippen molar-refractivity contribution in [3.05, 3.63) is 29.1 Å². The van der Waals surface area contributed by atoms with Crippen LogP contribution in [-0.2, 0) is 23.9 Å². The van der Waals surface area contributed by atoms with Crippen LogP contribution < -0.4 is 5.73 Å². The Kier molecular flexibility index (Phi) is 5.76. The van der Waals surface area contributed by atoms with E-state index in [0.29, 0.717) is 37.2 Å². The predicted octanol–water partition coefficient (Wildman–Crippen LogP) is 3.39. The number of halogens is 3. The quantitative estimate of drug-likeness (QED) is 0.879. The van der Waals surface area contributed by atoms with Crippen LogP contribution in [-0.4, -0.2) is 28.9 Å². The van der Waals surface area contributed by atoms with Gasteiger partial charge in [0.1, 0.15) is 0 Å². The van der Waals surface area contributed by atoms with Gasteiger partial charge in [-0.05, 0) is 36.9 Å². The molecule has 1 aliphatic heterocycles. The van der Waals surface area contributed by atoms with Crippen molar-refractivity contribution in [3.63, 3.8) is 0 Å². The first kappa shape index (κ1) is 19.7. The zero-order valence-corrected chi connectivity index (χ0v) is 15.0. The maximum Gasteiger partial charge on any atom is 0.417 e. The summed E-state index contributed by atoms with van der Waals surface area (Å²) in [5.74, 6) is 0.103. The van der Waals surface area contributed by atoms with Gasteiger partial charge in [0.2, 0.25) is 5.91 Å². The molecule has 2 rings (SSSR count). The van der Waals surface area contributed by atoms with Crippen LogP contribution in [0.3, 0.4) is 0 Å². The van der Waals surface area contributed by atoms with Crippen LogP contribution in [0.4, 0.5) is 13.2 Å². The van der Waals surface area contributed by atoms with Gasteiger partial charge in [-0.2, -0.15) is 13.2 Å². The minimum atomic E-state index is -4.43. The molecule has 1 aromatic heterocycles. The number of hydrogen-bond acceptors (Lipinski definition) is 3. The van der Waals surface area contributed by atoms with Gasteiger partial charge in [-0.1, -0.05) is 20.8 Å². The Balaban J connectivity index is 2.24. The van der Waals surface area contributed by atoms with Gasteiger partial charge in [-0.25, -0.2) is 0 Å². The molecule has 1 aliphatic rings. The van der Waals surface area contributed by atoms with Crippen molar-refractivity contribution in [1.29, 1.82) is 0 Å². The third-order valence-electron chi connectivity index (χ3n) is 5.32. The van der Waals surface area contributed by atoms with E-state index in [2.05, 4.69) is 4.98 Å². The second kappa shape index (κ2) is 7.32. The lowest BCUT2D eigenvalue weighted by Gasteiger charge is -2.39. The van der Waals surface area contributed by atoms with Crippen molar-refractivity contribution in [1.82, 2.24) is 9.88 Å². The number of nitrogens with zero attached hydrogens (tertiary/aromatic N) is 2. The summed E-state index contributed by atoms with van der Waals surface area (Å²) in [6.45, 7) is 7.09. The number of fused-ring (bicyclic) bond motifs is 1. The predicted molar refractivity (Wildman–Crippen MR) is 89.6 cm³/mol. The molecule has 140 valence electrons. The molecule has 2 heterocycles. The van der Waals surface area contributed by atoms with E-state index in [-0.39, 0.29) is 18.4 Å². The largest absolute Gasteiger partial charge is 0.417 e. The normalized spacial score (nSPS) is 17.4. The number of carbonyl (C=O) groups is 1.